The first-order chi connectivity index (χ1) is 28.9. The molecule has 2 saturated heterocycles. The van der Waals surface area contributed by atoms with Gasteiger partial charge < -0.3 is 45.7 Å². The second kappa shape index (κ2) is 23.8. The van der Waals surface area contributed by atoms with Gasteiger partial charge in [-0.25, -0.2) is 4.79 Å². The number of nitrogens with one attached hydrogen (secondary N) is 5. The molecule has 5 amide bonds. The first kappa shape index (κ1) is 43.9. The average Bonchev–Trinajstić information content (AvgIpc) is 3.93. The summed E-state index contributed by atoms with van der Waals surface area (Å²) in [4.78, 5) is 53.2. The van der Waals surface area contributed by atoms with Crippen LogP contribution in [0.5, 0.6) is 5.75 Å². The van der Waals surface area contributed by atoms with Gasteiger partial charge in [-0.1, -0.05) is 79.2 Å². The van der Waals surface area contributed by atoms with E-state index in [0.29, 0.717) is 89.5 Å². The van der Waals surface area contributed by atoms with Crippen molar-refractivity contribution in [1.29, 1.82) is 0 Å². The Balaban J connectivity index is 0.820. The maximum Gasteiger partial charge on any atom is 0.315 e. The van der Waals surface area contributed by atoms with Crippen molar-refractivity contribution in [3.05, 3.63) is 102 Å². The molecule has 14 heteroatoms. The molecule has 1 aliphatic carbocycles. The lowest BCUT2D eigenvalue weighted by atomic mass is 10.0. The smallest absolute Gasteiger partial charge is 0.315 e. The minimum atomic E-state index is -0.741. The molecule has 6 rings (SSSR count). The summed E-state index contributed by atoms with van der Waals surface area (Å²) in [7, 11) is 0. The molecule has 3 aliphatic rings. The summed E-state index contributed by atoms with van der Waals surface area (Å²) in [5.74, 6) is 1.47. The SMILES string of the molecule is O=C(CCCC[C@@H]1SC[C@@H]2NC(=O)N[C@@H]21)NCCOCCOCCNCCOc1ccc(C(C(=O)NCc2ccccc2)N(C(=O)CCc2ccccc2)C2CC2)cc1. The Morgan fingerprint density at radius 2 is 1.46 bits per heavy atom. The third-order valence-corrected chi connectivity index (χ3v) is 12.2. The van der Waals surface area contributed by atoms with Crippen LogP contribution in [0.2, 0.25) is 0 Å². The Morgan fingerprint density at radius 3 is 2.19 bits per heavy atom. The number of nitrogens with zero attached hydrogens (tertiary/aromatic N) is 1. The number of hydrogen-bond acceptors (Lipinski definition) is 9. The van der Waals surface area contributed by atoms with Crippen molar-refractivity contribution < 1.29 is 33.4 Å². The first-order valence-electron chi connectivity index (χ1n) is 21.2. The number of unbranched alkanes of at least 4 members (excludes halogenated alkanes) is 1. The molecule has 5 N–H and O–H groups in total. The third-order valence-electron chi connectivity index (χ3n) is 10.7. The molecule has 3 aromatic carbocycles. The molecule has 0 spiro atoms. The summed E-state index contributed by atoms with van der Waals surface area (Å²) in [5, 5.41) is 15.7. The molecule has 318 valence electrons. The van der Waals surface area contributed by atoms with E-state index in [1.165, 1.54) is 0 Å². The van der Waals surface area contributed by atoms with Gasteiger partial charge in [0, 0.05) is 56.1 Å². The lowest BCUT2D eigenvalue weighted by Gasteiger charge is -2.32. The van der Waals surface area contributed by atoms with E-state index in [1.54, 1.807) is 0 Å². The number of urea groups is 1. The summed E-state index contributed by atoms with van der Waals surface area (Å²) in [5.41, 5.74) is 2.85. The molecule has 0 aromatic heterocycles. The molecule has 2 aliphatic heterocycles. The molecule has 0 bridgehead atoms. The zero-order valence-electron chi connectivity index (χ0n) is 33.9. The minimum absolute atomic E-state index is 0.0176. The van der Waals surface area contributed by atoms with Crippen LogP contribution in [0.15, 0.2) is 84.9 Å². The van der Waals surface area contributed by atoms with Gasteiger partial charge >= 0.3 is 6.03 Å². The highest BCUT2D eigenvalue weighted by Crippen LogP contribution is 2.36. The molecule has 3 fully saturated rings. The van der Waals surface area contributed by atoms with Gasteiger partial charge in [-0.2, -0.15) is 11.8 Å². The maximum atomic E-state index is 13.9. The monoisotopic (exact) mass is 828 g/mol. The highest BCUT2D eigenvalue weighted by molar-refractivity contribution is 8.00. The van der Waals surface area contributed by atoms with Crippen molar-refractivity contribution in [1.82, 2.24) is 31.5 Å². The fourth-order valence-corrected chi connectivity index (χ4v) is 9.00. The molecule has 59 heavy (non-hydrogen) atoms. The van der Waals surface area contributed by atoms with E-state index in [9.17, 15) is 19.2 Å². The molecular formula is C45H60N6O7S. The van der Waals surface area contributed by atoms with E-state index in [4.69, 9.17) is 14.2 Å². The van der Waals surface area contributed by atoms with Crippen LogP contribution in [-0.2, 0) is 36.8 Å². The second-order valence-corrected chi connectivity index (χ2v) is 16.5. The summed E-state index contributed by atoms with van der Waals surface area (Å²) < 4.78 is 17.2. The third kappa shape index (κ3) is 14.6. The number of benzene rings is 3. The Kier molecular flexibility index (Phi) is 17.7. The van der Waals surface area contributed by atoms with Crippen LogP contribution in [0.1, 0.15) is 67.7 Å². The van der Waals surface area contributed by atoms with Crippen LogP contribution >= 0.6 is 11.8 Å². The fraction of sp³-hybridized carbons (Fsp3) is 0.511. The van der Waals surface area contributed by atoms with Gasteiger partial charge in [0.25, 0.3) is 0 Å². The number of aryl methyl sites for hydroxylation is 1. The lowest BCUT2D eigenvalue weighted by molar-refractivity contribution is -0.141. The van der Waals surface area contributed by atoms with Crippen LogP contribution in [0, 0.1) is 0 Å². The predicted molar refractivity (Wildman–Crippen MR) is 229 cm³/mol. The van der Waals surface area contributed by atoms with E-state index in [2.05, 4.69) is 26.6 Å². The predicted octanol–water partition coefficient (Wildman–Crippen LogP) is 4.51. The number of rotatable bonds is 27. The Morgan fingerprint density at radius 1 is 0.763 bits per heavy atom. The Hall–Kier alpha value is -4.63. The summed E-state index contributed by atoms with van der Waals surface area (Å²) in [6.45, 7) is 4.51. The zero-order chi connectivity index (χ0) is 41.1. The first-order valence-corrected chi connectivity index (χ1v) is 22.2. The molecule has 3 aromatic rings. The number of carbonyl (C=O) groups excluding carboxylic acids is 4. The number of ether oxygens (including phenoxy) is 3. The Labute approximate surface area is 352 Å². The highest BCUT2D eigenvalue weighted by atomic mass is 32.2. The van der Waals surface area contributed by atoms with Crippen molar-refractivity contribution in [2.24, 2.45) is 0 Å². The van der Waals surface area contributed by atoms with Gasteiger partial charge in [-0.3, -0.25) is 14.4 Å². The van der Waals surface area contributed by atoms with Crippen molar-refractivity contribution in [3.8, 4) is 5.75 Å². The van der Waals surface area contributed by atoms with Crippen molar-refractivity contribution in [2.45, 2.75) is 87.3 Å². The number of thioether (sulfide) groups is 1. The molecular weight excluding hydrogens is 769 g/mol. The fourth-order valence-electron chi connectivity index (χ4n) is 7.46. The van der Waals surface area contributed by atoms with Crippen molar-refractivity contribution in [3.63, 3.8) is 0 Å². The summed E-state index contributed by atoms with van der Waals surface area (Å²) in [6.07, 6.45) is 6.04. The number of carbonyl (C=O) groups is 4. The maximum absolute atomic E-state index is 13.9. The number of fused-ring (bicyclic) bond motifs is 1. The summed E-state index contributed by atoms with van der Waals surface area (Å²) in [6, 6.07) is 27.0. The zero-order valence-corrected chi connectivity index (χ0v) is 34.7. The highest BCUT2D eigenvalue weighted by Gasteiger charge is 2.43. The number of amides is 5. The molecule has 4 atom stereocenters. The van der Waals surface area contributed by atoms with Crippen molar-refractivity contribution >= 4 is 35.5 Å². The minimum Gasteiger partial charge on any atom is -0.492 e. The molecule has 1 unspecified atom stereocenters. The topological polar surface area (TPSA) is 159 Å². The van der Waals surface area contributed by atoms with Crippen LogP contribution in [0.3, 0.4) is 0 Å². The van der Waals surface area contributed by atoms with Crippen LogP contribution < -0.4 is 31.3 Å². The normalized spacial score (nSPS) is 18.6. The van der Waals surface area contributed by atoms with Crippen molar-refractivity contribution in [2.75, 3.05) is 58.4 Å². The van der Waals surface area contributed by atoms with E-state index >= 15 is 0 Å². The van der Waals surface area contributed by atoms with E-state index < -0.39 is 6.04 Å². The van der Waals surface area contributed by atoms with Gasteiger partial charge in [-0.15, -0.1) is 0 Å². The van der Waals surface area contributed by atoms with E-state index in [-0.39, 0.29) is 41.9 Å². The van der Waals surface area contributed by atoms with Gasteiger partial charge in [-0.05, 0) is 60.9 Å². The molecule has 0 radical (unpaired) electrons. The molecule has 2 heterocycles. The van der Waals surface area contributed by atoms with Crippen LogP contribution in [0.25, 0.3) is 0 Å². The lowest BCUT2D eigenvalue weighted by Crippen LogP contribution is -2.45. The number of hydrogen-bond donors (Lipinski definition) is 5. The average molecular weight is 829 g/mol. The van der Waals surface area contributed by atoms with E-state index in [1.807, 2.05) is 102 Å². The van der Waals surface area contributed by atoms with Crippen LogP contribution in [0.4, 0.5) is 4.79 Å². The largest absolute Gasteiger partial charge is 0.492 e. The van der Waals surface area contributed by atoms with Crippen LogP contribution in [-0.4, -0.2) is 110 Å². The van der Waals surface area contributed by atoms with Gasteiger partial charge in [0.15, 0.2) is 0 Å². The van der Waals surface area contributed by atoms with Gasteiger partial charge in [0.2, 0.25) is 17.7 Å². The van der Waals surface area contributed by atoms with Gasteiger partial charge in [0.05, 0.1) is 38.5 Å². The Bertz CT molecular complexity index is 1750. The summed E-state index contributed by atoms with van der Waals surface area (Å²) >= 11 is 1.90. The molecule has 1 saturated carbocycles. The van der Waals surface area contributed by atoms with E-state index in [0.717, 1.165) is 54.5 Å². The standard InChI is InChI=1S/C45H60N6O7S/c52-40(14-8-7-13-39-42-38(32-59-39)49-45(55)50-42)47-25-27-57-30-29-56-26-23-46-24-28-58-37-20-16-35(17-21-37)43(44(54)48-31-34-11-5-2-6-12-34)51(36-18-19-36)41(53)22-15-33-9-3-1-4-10-33/h1-6,9-12,16-17,20-21,36,38-39,42-43,46H,7-8,13-15,18-19,22-32H2,(H,47,52)(H,48,54)(H2,49,50,55)/t38-,39-,42-,43?/m0/s1. The van der Waals surface area contributed by atoms with Gasteiger partial charge in [0.1, 0.15) is 18.4 Å². The quantitative estimate of drug-likeness (QED) is 0.0551. The molecule has 13 nitrogen and oxygen atoms in total. The second-order valence-electron chi connectivity index (χ2n) is 15.2.